The molecule has 22 heavy (non-hydrogen) atoms. The molecular weight excluding hydrogens is 299 g/mol. The van der Waals surface area contributed by atoms with Crippen LogP contribution in [0.15, 0.2) is 24.3 Å². The molecule has 2 rings (SSSR count). The Labute approximate surface area is 134 Å². The van der Waals surface area contributed by atoms with Crippen molar-refractivity contribution in [3.8, 4) is 0 Å². The highest BCUT2D eigenvalue weighted by Crippen LogP contribution is 2.20. The van der Waals surface area contributed by atoms with Crippen LogP contribution in [0.2, 0.25) is 0 Å². The van der Waals surface area contributed by atoms with Crippen LogP contribution in [-0.2, 0) is 12.8 Å². The predicted molar refractivity (Wildman–Crippen MR) is 87.8 cm³/mol. The number of nitrogens with one attached hydrogen (secondary N) is 1. The fourth-order valence-corrected chi connectivity index (χ4v) is 3.34. The topological polar surface area (TPSA) is 42.0 Å². The summed E-state index contributed by atoms with van der Waals surface area (Å²) in [7, 11) is 0. The van der Waals surface area contributed by atoms with E-state index in [2.05, 4.69) is 24.1 Å². The number of rotatable bonds is 6. The number of nitrogens with zero attached hydrogens (tertiary/aromatic N) is 1. The quantitative estimate of drug-likeness (QED) is 0.880. The normalized spacial score (nSPS) is 11.0. The summed E-state index contributed by atoms with van der Waals surface area (Å²) in [5, 5.41) is 3.92. The van der Waals surface area contributed by atoms with Crippen LogP contribution < -0.4 is 5.32 Å². The zero-order valence-corrected chi connectivity index (χ0v) is 14.0. The monoisotopic (exact) mass is 320 g/mol. The molecule has 0 radical (unpaired) electrons. The Hall–Kier alpha value is -1.75. The van der Waals surface area contributed by atoms with E-state index >= 15 is 0 Å². The molecule has 118 valence electrons. The molecule has 0 saturated heterocycles. The van der Waals surface area contributed by atoms with Crippen molar-refractivity contribution in [2.75, 3.05) is 6.54 Å². The molecule has 1 amide bonds. The molecule has 0 unspecified atom stereocenters. The van der Waals surface area contributed by atoms with Crippen molar-refractivity contribution in [2.45, 2.75) is 33.6 Å². The van der Waals surface area contributed by atoms with E-state index in [4.69, 9.17) is 0 Å². The molecule has 1 N–H and O–H groups in total. The zero-order chi connectivity index (χ0) is 16.1. The molecule has 2 aromatic rings. The molecule has 1 aromatic carbocycles. The lowest BCUT2D eigenvalue weighted by molar-refractivity contribution is 0.0957. The second-order valence-corrected chi connectivity index (χ2v) is 6.84. The van der Waals surface area contributed by atoms with Crippen LogP contribution >= 0.6 is 11.3 Å². The molecule has 0 aliphatic heterocycles. The van der Waals surface area contributed by atoms with Crippen molar-refractivity contribution in [1.82, 2.24) is 10.3 Å². The molecule has 0 fully saturated rings. The number of hydrogen-bond donors (Lipinski definition) is 1. The van der Waals surface area contributed by atoms with Crippen LogP contribution in [-0.4, -0.2) is 17.4 Å². The molecule has 0 saturated carbocycles. The smallest absolute Gasteiger partial charge is 0.263 e. The van der Waals surface area contributed by atoms with E-state index in [0.717, 1.165) is 22.7 Å². The molecule has 5 heteroatoms. The Bertz CT molecular complexity index is 635. The standard InChI is InChI=1S/C17H21FN2OS/c1-11(2)10-15-20-12(3)16(22-15)17(21)19-9-8-13-4-6-14(18)7-5-13/h4-7,11H,8-10H2,1-3H3,(H,19,21). The van der Waals surface area contributed by atoms with Gasteiger partial charge in [-0.15, -0.1) is 11.3 Å². The van der Waals surface area contributed by atoms with Crippen molar-refractivity contribution in [3.63, 3.8) is 0 Å². The zero-order valence-electron chi connectivity index (χ0n) is 13.1. The van der Waals surface area contributed by atoms with Crippen LogP contribution in [0.25, 0.3) is 0 Å². The highest BCUT2D eigenvalue weighted by atomic mass is 32.1. The Balaban J connectivity index is 1.89. The highest BCUT2D eigenvalue weighted by Gasteiger charge is 2.15. The molecule has 3 nitrogen and oxygen atoms in total. The minimum absolute atomic E-state index is 0.0767. The van der Waals surface area contributed by atoms with Gasteiger partial charge in [0.25, 0.3) is 5.91 Å². The molecule has 0 aliphatic carbocycles. The molecule has 0 spiro atoms. The molecule has 0 atom stereocenters. The second kappa shape index (κ2) is 7.49. The molecule has 0 aliphatic rings. The van der Waals surface area contributed by atoms with Gasteiger partial charge in [0, 0.05) is 13.0 Å². The number of hydrogen-bond acceptors (Lipinski definition) is 3. The van der Waals surface area contributed by atoms with E-state index in [1.54, 1.807) is 12.1 Å². The van der Waals surface area contributed by atoms with E-state index in [1.165, 1.54) is 23.5 Å². The average Bonchev–Trinajstić information content (AvgIpc) is 2.81. The summed E-state index contributed by atoms with van der Waals surface area (Å²) in [6.07, 6.45) is 1.58. The van der Waals surface area contributed by atoms with Crippen LogP contribution in [0.4, 0.5) is 4.39 Å². The largest absolute Gasteiger partial charge is 0.351 e. The SMILES string of the molecule is Cc1nc(CC(C)C)sc1C(=O)NCCc1ccc(F)cc1. The Morgan fingerprint density at radius 3 is 2.64 bits per heavy atom. The van der Waals surface area contributed by atoms with Crippen molar-refractivity contribution in [3.05, 3.63) is 51.2 Å². The van der Waals surface area contributed by atoms with Crippen LogP contribution in [0, 0.1) is 18.7 Å². The number of amides is 1. The summed E-state index contributed by atoms with van der Waals surface area (Å²) < 4.78 is 12.8. The van der Waals surface area contributed by atoms with Gasteiger partial charge >= 0.3 is 0 Å². The van der Waals surface area contributed by atoms with Gasteiger partial charge in [-0.1, -0.05) is 26.0 Å². The van der Waals surface area contributed by atoms with Gasteiger partial charge in [0.1, 0.15) is 10.7 Å². The van der Waals surface area contributed by atoms with Gasteiger partial charge in [0.15, 0.2) is 0 Å². The van der Waals surface area contributed by atoms with Crippen molar-refractivity contribution in [2.24, 2.45) is 5.92 Å². The average molecular weight is 320 g/mol. The van der Waals surface area contributed by atoms with Crippen molar-refractivity contribution < 1.29 is 9.18 Å². The summed E-state index contributed by atoms with van der Waals surface area (Å²) in [4.78, 5) is 17.4. The van der Waals surface area contributed by atoms with Gasteiger partial charge in [-0.05, 0) is 37.0 Å². The third-order valence-electron chi connectivity index (χ3n) is 3.24. The maximum absolute atomic E-state index is 12.8. The van der Waals surface area contributed by atoms with E-state index in [1.807, 2.05) is 6.92 Å². The van der Waals surface area contributed by atoms with Crippen molar-refractivity contribution >= 4 is 17.2 Å². The number of carbonyl (C=O) groups is 1. The fraction of sp³-hybridized carbons (Fsp3) is 0.412. The third-order valence-corrected chi connectivity index (χ3v) is 4.42. The first-order valence-electron chi connectivity index (χ1n) is 7.44. The van der Waals surface area contributed by atoms with Crippen LogP contribution in [0.1, 0.15) is 39.8 Å². The highest BCUT2D eigenvalue weighted by molar-refractivity contribution is 7.13. The number of carbonyl (C=O) groups excluding carboxylic acids is 1. The first-order valence-corrected chi connectivity index (χ1v) is 8.26. The summed E-state index contributed by atoms with van der Waals surface area (Å²) in [5.74, 6) is 0.206. The van der Waals surface area contributed by atoms with E-state index in [9.17, 15) is 9.18 Å². The van der Waals surface area contributed by atoms with Gasteiger partial charge in [-0.2, -0.15) is 0 Å². The first kappa shape index (κ1) is 16.6. The number of halogens is 1. The van der Waals surface area contributed by atoms with Crippen LogP contribution in [0.3, 0.4) is 0 Å². The van der Waals surface area contributed by atoms with E-state index < -0.39 is 0 Å². The minimum Gasteiger partial charge on any atom is -0.351 e. The molecule has 0 bridgehead atoms. The summed E-state index contributed by atoms with van der Waals surface area (Å²) in [6.45, 7) is 6.68. The maximum atomic E-state index is 12.8. The molecular formula is C17H21FN2OS. The lowest BCUT2D eigenvalue weighted by Gasteiger charge is -2.04. The molecule has 1 aromatic heterocycles. The number of aromatic nitrogens is 1. The summed E-state index contributed by atoms with van der Waals surface area (Å²) >= 11 is 1.47. The second-order valence-electron chi connectivity index (χ2n) is 5.75. The van der Waals surface area contributed by atoms with Crippen LogP contribution in [0.5, 0.6) is 0 Å². The van der Waals surface area contributed by atoms with Crippen molar-refractivity contribution in [1.29, 1.82) is 0 Å². The van der Waals surface area contributed by atoms with Gasteiger partial charge in [0.05, 0.1) is 10.7 Å². The number of thiazole rings is 1. The lowest BCUT2D eigenvalue weighted by Crippen LogP contribution is -2.25. The number of benzene rings is 1. The maximum Gasteiger partial charge on any atom is 0.263 e. The Morgan fingerprint density at radius 1 is 1.32 bits per heavy atom. The fourth-order valence-electron chi connectivity index (χ4n) is 2.15. The molecule has 1 heterocycles. The van der Waals surface area contributed by atoms with Gasteiger partial charge < -0.3 is 5.32 Å². The Kier molecular flexibility index (Phi) is 5.66. The summed E-state index contributed by atoms with van der Waals surface area (Å²) in [6, 6.07) is 6.34. The van der Waals surface area contributed by atoms with E-state index in [0.29, 0.717) is 23.8 Å². The first-order chi connectivity index (χ1) is 10.5. The minimum atomic E-state index is -0.245. The Morgan fingerprint density at radius 2 is 2.00 bits per heavy atom. The predicted octanol–water partition coefficient (Wildman–Crippen LogP) is 3.76. The van der Waals surface area contributed by atoms with E-state index in [-0.39, 0.29) is 11.7 Å². The summed E-state index contributed by atoms with van der Waals surface area (Å²) in [5.41, 5.74) is 1.79. The van der Waals surface area contributed by atoms with Gasteiger partial charge in [-0.25, -0.2) is 9.37 Å². The van der Waals surface area contributed by atoms with Gasteiger partial charge in [-0.3, -0.25) is 4.79 Å². The third kappa shape index (κ3) is 4.63. The van der Waals surface area contributed by atoms with Gasteiger partial charge in [0.2, 0.25) is 0 Å². The number of aryl methyl sites for hydroxylation is 1. The lowest BCUT2D eigenvalue weighted by atomic mass is 10.1.